The second kappa shape index (κ2) is 5.03. The fourth-order valence-electron chi connectivity index (χ4n) is 2.91. The van der Waals surface area contributed by atoms with E-state index in [0.717, 1.165) is 33.8 Å². The first kappa shape index (κ1) is 13.2. The van der Waals surface area contributed by atoms with Crippen LogP contribution in [0, 0.1) is 0 Å². The molecule has 0 saturated heterocycles. The summed E-state index contributed by atoms with van der Waals surface area (Å²) in [6, 6.07) is 16.0. The molecule has 7 heteroatoms. The molecule has 2 aromatic carbocycles. The molecule has 2 heterocycles. The van der Waals surface area contributed by atoms with Crippen molar-refractivity contribution in [2.75, 3.05) is 4.81 Å². The number of para-hydroxylation sites is 1. The molecular weight excluding hydrogens is 272 g/mol. The number of anilines is 1. The Kier molecular flexibility index (Phi) is 3.01. The van der Waals surface area contributed by atoms with Gasteiger partial charge in [0.05, 0.1) is 5.69 Å². The Morgan fingerprint density at radius 3 is 2.59 bits per heavy atom. The highest BCUT2D eigenvalue weighted by atomic mass is 15.4. The van der Waals surface area contributed by atoms with Crippen LogP contribution in [0.4, 0.5) is 5.69 Å². The van der Waals surface area contributed by atoms with Gasteiger partial charge in [0.1, 0.15) is 5.69 Å². The van der Waals surface area contributed by atoms with E-state index in [1.807, 2.05) is 42.5 Å². The molecule has 0 fully saturated rings. The Labute approximate surface area is 130 Å². The van der Waals surface area contributed by atoms with Crippen molar-refractivity contribution in [2.45, 2.75) is 6.54 Å². The highest BCUT2D eigenvalue weighted by Crippen LogP contribution is 2.39. The predicted molar refractivity (Wildman–Crippen MR) is 88.2 cm³/mol. The van der Waals surface area contributed by atoms with E-state index >= 15 is 0 Å². The van der Waals surface area contributed by atoms with E-state index in [4.69, 9.17) is 13.6 Å². The van der Waals surface area contributed by atoms with E-state index in [1.165, 1.54) is 7.55 Å². The lowest BCUT2D eigenvalue weighted by Crippen LogP contribution is -2.23. The van der Waals surface area contributed by atoms with Crippen molar-refractivity contribution >= 4 is 21.2 Å². The van der Waals surface area contributed by atoms with Crippen molar-refractivity contribution < 1.29 is 0 Å². The van der Waals surface area contributed by atoms with Crippen LogP contribution in [0.25, 0.3) is 22.5 Å². The summed E-state index contributed by atoms with van der Waals surface area (Å²) >= 11 is 0. The van der Waals surface area contributed by atoms with Gasteiger partial charge >= 0.3 is 7.55 Å². The number of aromatic nitrogens is 3. The van der Waals surface area contributed by atoms with Gasteiger partial charge in [0.15, 0.2) is 0 Å². The molecule has 0 atom stereocenters. The van der Waals surface area contributed by atoms with Gasteiger partial charge in [0, 0.05) is 23.4 Å². The summed E-state index contributed by atoms with van der Waals surface area (Å²) in [4.78, 5) is 1.74. The summed E-state index contributed by atoms with van der Waals surface area (Å²) in [7, 11) is 7.70. The van der Waals surface area contributed by atoms with Crippen molar-refractivity contribution in [3.05, 3.63) is 54.1 Å². The first-order valence-corrected chi connectivity index (χ1v) is 7.00. The van der Waals surface area contributed by atoms with Gasteiger partial charge in [-0.25, -0.2) is 0 Å². The number of rotatable bonds is 1. The van der Waals surface area contributed by atoms with Gasteiger partial charge in [-0.2, -0.15) is 0 Å². The van der Waals surface area contributed by atoms with E-state index in [2.05, 4.69) is 16.4 Å². The fraction of sp³-hybridized carbons (Fsp3) is 0.0667. The molecule has 0 amide bonds. The molecule has 1 aliphatic rings. The molecule has 5 nitrogen and oxygen atoms in total. The van der Waals surface area contributed by atoms with E-state index < -0.39 is 0 Å². The van der Waals surface area contributed by atoms with Crippen molar-refractivity contribution in [1.29, 1.82) is 0 Å². The molecule has 0 aliphatic carbocycles. The second-order valence-corrected chi connectivity index (χ2v) is 5.18. The molecule has 4 rings (SSSR count). The molecular formula is C15H12B2N5. The molecule has 0 bridgehead atoms. The van der Waals surface area contributed by atoms with Gasteiger partial charge in [0.25, 0.3) is 0 Å². The highest BCUT2D eigenvalue weighted by Gasteiger charge is 2.24. The Morgan fingerprint density at radius 1 is 1.05 bits per heavy atom. The zero-order valence-electron chi connectivity index (χ0n) is 11.8. The van der Waals surface area contributed by atoms with E-state index in [1.54, 1.807) is 9.40 Å². The van der Waals surface area contributed by atoms with Crippen LogP contribution >= 0.6 is 0 Å². The average molecular weight is 284 g/mol. The number of fused-ring (bicyclic) bond motifs is 5. The molecule has 3 radical (unpaired) electrons. The standard InChI is InChI=1S/C15H12B2N5/c16-21-9-10-5-1-2-6-11(10)14-15(22(17-18)20-19-14)12-7-3-4-8-13(12)21/h1-8H,9,18H2. The maximum atomic E-state index is 6.29. The number of benzene rings is 2. The van der Waals surface area contributed by atoms with Crippen LogP contribution in [-0.2, 0) is 6.54 Å². The summed E-state index contributed by atoms with van der Waals surface area (Å²) in [6.07, 6.45) is 0. The lowest BCUT2D eigenvalue weighted by atomic mass is 9.93. The number of hydrogen-bond acceptors (Lipinski definition) is 4. The van der Waals surface area contributed by atoms with Crippen molar-refractivity contribution in [3.8, 4) is 22.5 Å². The van der Waals surface area contributed by atoms with Gasteiger partial charge in [-0.15, -0.1) is 5.10 Å². The topological polar surface area (TPSA) is 60.0 Å². The SMILES string of the molecule is [B]N1Cc2ccccc2-c2nnn([B]N)c2-c2ccccc21. The normalized spacial score (nSPS) is 12.7. The Bertz CT molecular complexity index is 845. The summed E-state index contributed by atoms with van der Waals surface area (Å²) in [5, 5.41) is 8.49. The molecule has 2 N–H and O–H groups in total. The van der Waals surface area contributed by atoms with Crippen molar-refractivity contribution in [3.63, 3.8) is 0 Å². The number of nitrogens with zero attached hydrogens (tertiary/aromatic N) is 4. The van der Waals surface area contributed by atoms with Crippen molar-refractivity contribution in [1.82, 2.24) is 14.9 Å². The predicted octanol–water partition coefficient (Wildman–Crippen LogP) is 1.36. The third-order valence-electron chi connectivity index (χ3n) is 3.92. The van der Waals surface area contributed by atoms with Gasteiger partial charge in [0.2, 0.25) is 7.98 Å². The second-order valence-electron chi connectivity index (χ2n) is 5.18. The Hall–Kier alpha value is -2.53. The molecule has 3 aromatic rings. The van der Waals surface area contributed by atoms with E-state index in [0.29, 0.717) is 6.54 Å². The summed E-state index contributed by atoms with van der Waals surface area (Å²) in [5.41, 5.74) is 11.4. The van der Waals surface area contributed by atoms with Crippen molar-refractivity contribution in [2.24, 2.45) is 5.64 Å². The molecule has 0 unspecified atom stereocenters. The molecule has 0 saturated carbocycles. The van der Waals surface area contributed by atoms with E-state index in [9.17, 15) is 0 Å². The van der Waals surface area contributed by atoms with Gasteiger partial charge in [-0.3, -0.25) is 4.59 Å². The molecule has 1 aliphatic heterocycles. The lowest BCUT2D eigenvalue weighted by Gasteiger charge is -2.27. The van der Waals surface area contributed by atoms with Crippen LogP contribution < -0.4 is 10.5 Å². The smallest absolute Gasteiger partial charge is 0.374 e. The van der Waals surface area contributed by atoms with Gasteiger partial charge in [-0.05, 0) is 11.6 Å². The third-order valence-corrected chi connectivity index (χ3v) is 3.92. The molecule has 103 valence electrons. The quantitative estimate of drug-likeness (QED) is 0.685. The molecule has 1 aromatic heterocycles. The molecule has 0 spiro atoms. The minimum Gasteiger partial charge on any atom is -0.420 e. The van der Waals surface area contributed by atoms with Gasteiger partial charge < -0.3 is 10.5 Å². The lowest BCUT2D eigenvalue weighted by molar-refractivity contribution is 0.871. The van der Waals surface area contributed by atoms with Gasteiger partial charge in [-0.1, -0.05) is 47.7 Å². The van der Waals surface area contributed by atoms with Crippen LogP contribution in [0.3, 0.4) is 0 Å². The first-order valence-electron chi connectivity index (χ1n) is 7.00. The van der Waals surface area contributed by atoms with Crippen LogP contribution in [0.15, 0.2) is 48.5 Å². The fourth-order valence-corrected chi connectivity index (χ4v) is 2.91. The third kappa shape index (κ3) is 1.86. The maximum Gasteiger partial charge on any atom is 0.374 e. The summed E-state index contributed by atoms with van der Waals surface area (Å²) in [6.45, 7) is 0.603. The zero-order valence-corrected chi connectivity index (χ0v) is 11.8. The minimum absolute atomic E-state index is 0.603. The summed E-state index contributed by atoms with van der Waals surface area (Å²) in [5.74, 6) is 0. The van der Waals surface area contributed by atoms with Crippen LogP contribution in [0.5, 0.6) is 0 Å². The largest absolute Gasteiger partial charge is 0.420 e. The monoisotopic (exact) mass is 284 g/mol. The zero-order chi connectivity index (χ0) is 15.1. The van der Waals surface area contributed by atoms with Crippen LogP contribution in [0.1, 0.15) is 5.56 Å². The Morgan fingerprint density at radius 2 is 1.77 bits per heavy atom. The highest BCUT2D eigenvalue weighted by molar-refractivity contribution is 6.30. The minimum atomic E-state index is 0.603. The van der Waals surface area contributed by atoms with E-state index in [-0.39, 0.29) is 0 Å². The van der Waals surface area contributed by atoms with Crippen LogP contribution in [-0.4, -0.2) is 30.4 Å². The average Bonchev–Trinajstić information content (AvgIpc) is 2.97. The summed E-state index contributed by atoms with van der Waals surface area (Å²) < 4.78 is 1.59. The Balaban J connectivity index is 2.10. The maximum absolute atomic E-state index is 6.29. The number of hydrogen-bond donors (Lipinski definition) is 1. The first-order chi connectivity index (χ1) is 10.8. The molecule has 22 heavy (non-hydrogen) atoms. The van der Waals surface area contributed by atoms with Crippen LogP contribution in [0.2, 0.25) is 0 Å². The number of nitrogens with two attached hydrogens (primary N) is 1.